The van der Waals surface area contributed by atoms with Crippen molar-refractivity contribution < 1.29 is 4.74 Å². The quantitative estimate of drug-likeness (QED) is 0.767. The molecule has 0 aliphatic heterocycles. The van der Waals surface area contributed by atoms with Gasteiger partial charge in [0.15, 0.2) is 0 Å². The van der Waals surface area contributed by atoms with Gasteiger partial charge in [0, 0.05) is 10.6 Å². The summed E-state index contributed by atoms with van der Waals surface area (Å²) in [4.78, 5) is 0. The molecule has 2 rings (SSSR count). The van der Waals surface area contributed by atoms with Crippen LogP contribution in [-0.2, 0) is 6.61 Å². The van der Waals surface area contributed by atoms with Crippen LogP contribution in [0.1, 0.15) is 22.3 Å². The summed E-state index contributed by atoms with van der Waals surface area (Å²) < 4.78 is 5.90. The Hall–Kier alpha value is -1.47. The molecule has 0 saturated carbocycles. The van der Waals surface area contributed by atoms with Crippen molar-refractivity contribution in [1.82, 2.24) is 0 Å². The minimum atomic E-state index is 0.504. The largest absolute Gasteiger partial charge is 0.488 e. The van der Waals surface area contributed by atoms with Gasteiger partial charge < -0.3 is 4.74 Å². The highest BCUT2D eigenvalue weighted by molar-refractivity contribution is 6.31. The van der Waals surface area contributed by atoms with Gasteiger partial charge in [-0.1, -0.05) is 47.5 Å². The standard InChI is InChI=1S/C16H17ClO/c1-11-8-12(2)16(13(3)9-11)18-10-14-6-4-5-7-15(14)17/h4-9H,10H2,1-3H3. The predicted molar refractivity (Wildman–Crippen MR) is 76.4 cm³/mol. The van der Waals surface area contributed by atoms with Crippen molar-refractivity contribution in [3.05, 3.63) is 63.7 Å². The summed E-state index contributed by atoms with van der Waals surface area (Å²) in [6.45, 7) is 6.74. The summed E-state index contributed by atoms with van der Waals surface area (Å²) in [7, 11) is 0. The van der Waals surface area contributed by atoms with E-state index in [1.165, 1.54) is 16.7 Å². The van der Waals surface area contributed by atoms with Gasteiger partial charge in [-0.25, -0.2) is 0 Å². The van der Waals surface area contributed by atoms with Gasteiger partial charge in [-0.3, -0.25) is 0 Å². The molecule has 2 aromatic rings. The number of halogens is 1. The van der Waals surface area contributed by atoms with E-state index in [1.54, 1.807) is 0 Å². The summed E-state index contributed by atoms with van der Waals surface area (Å²) in [5.74, 6) is 0.959. The fourth-order valence-electron chi connectivity index (χ4n) is 2.16. The molecule has 0 aromatic heterocycles. The Morgan fingerprint density at radius 2 is 1.61 bits per heavy atom. The molecular formula is C16H17ClO. The second-order valence-corrected chi connectivity index (χ2v) is 5.02. The Kier molecular flexibility index (Phi) is 3.93. The average molecular weight is 261 g/mol. The van der Waals surface area contributed by atoms with Crippen LogP contribution in [0.2, 0.25) is 5.02 Å². The van der Waals surface area contributed by atoms with Gasteiger partial charge in [0.1, 0.15) is 12.4 Å². The van der Waals surface area contributed by atoms with Gasteiger partial charge in [0.2, 0.25) is 0 Å². The first-order chi connectivity index (χ1) is 8.58. The fraction of sp³-hybridized carbons (Fsp3) is 0.250. The van der Waals surface area contributed by atoms with Gasteiger partial charge in [0.05, 0.1) is 0 Å². The molecule has 0 unspecified atom stereocenters. The van der Waals surface area contributed by atoms with Crippen molar-refractivity contribution in [2.75, 3.05) is 0 Å². The third-order valence-corrected chi connectivity index (χ3v) is 3.30. The van der Waals surface area contributed by atoms with Crippen LogP contribution < -0.4 is 4.74 Å². The highest BCUT2D eigenvalue weighted by Crippen LogP contribution is 2.26. The van der Waals surface area contributed by atoms with Crippen molar-refractivity contribution in [3.63, 3.8) is 0 Å². The molecule has 2 aromatic carbocycles. The summed E-state index contributed by atoms with van der Waals surface area (Å²) in [5, 5.41) is 0.750. The Bertz CT molecular complexity index is 538. The molecule has 0 aliphatic rings. The van der Waals surface area contributed by atoms with Crippen LogP contribution >= 0.6 is 11.6 Å². The maximum atomic E-state index is 6.12. The molecule has 2 heteroatoms. The summed E-state index contributed by atoms with van der Waals surface area (Å²) >= 11 is 6.12. The maximum Gasteiger partial charge on any atom is 0.125 e. The number of ether oxygens (including phenoxy) is 1. The molecule has 1 nitrogen and oxygen atoms in total. The number of hydrogen-bond acceptors (Lipinski definition) is 1. The molecule has 18 heavy (non-hydrogen) atoms. The fourth-order valence-corrected chi connectivity index (χ4v) is 2.35. The Balaban J connectivity index is 2.19. The Labute approximate surface area is 113 Å². The smallest absolute Gasteiger partial charge is 0.125 e. The molecule has 94 valence electrons. The average Bonchev–Trinajstić information content (AvgIpc) is 2.30. The lowest BCUT2D eigenvalue weighted by atomic mass is 10.1. The van der Waals surface area contributed by atoms with E-state index in [0.717, 1.165) is 16.3 Å². The molecule has 0 saturated heterocycles. The zero-order valence-electron chi connectivity index (χ0n) is 11.0. The minimum absolute atomic E-state index is 0.504. The number of aryl methyl sites for hydroxylation is 3. The van der Waals surface area contributed by atoms with Gasteiger partial charge in [0.25, 0.3) is 0 Å². The summed E-state index contributed by atoms with van der Waals surface area (Å²) in [5.41, 5.74) is 4.60. The molecule has 0 spiro atoms. The van der Waals surface area contributed by atoms with Crippen LogP contribution in [0.5, 0.6) is 5.75 Å². The monoisotopic (exact) mass is 260 g/mol. The van der Waals surface area contributed by atoms with Crippen LogP contribution in [0.4, 0.5) is 0 Å². The van der Waals surface area contributed by atoms with Gasteiger partial charge in [-0.15, -0.1) is 0 Å². The second kappa shape index (κ2) is 5.45. The molecular weight excluding hydrogens is 244 g/mol. The SMILES string of the molecule is Cc1cc(C)c(OCc2ccccc2Cl)c(C)c1. The van der Waals surface area contributed by atoms with Crippen LogP contribution in [0.25, 0.3) is 0 Å². The van der Waals surface area contributed by atoms with Crippen LogP contribution in [0.3, 0.4) is 0 Å². The third-order valence-electron chi connectivity index (χ3n) is 2.93. The number of rotatable bonds is 3. The van der Waals surface area contributed by atoms with Gasteiger partial charge in [-0.2, -0.15) is 0 Å². The van der Waals surface area contributed by atoms with Crippen molar-refractivity contribution >= 4 is 11.6 Å². The van der Waals surface area contributed by atoms with E-state index in [-0.39, 0.29) is 0 Å². The van der Waals surface area contributed by atoms with E-state index in [0.29, 0.717) is 6.61 Å². The lowest BCUT2D eigenvalue weighted by molar-refractivity contribution is 0.302. The van der Waals surface area contributed by atoms with E-state index in [4.69, 9.17) is 16.3 Å². The first kappa shape index (κ1) is 13.0. The third kappa shape index (κ3) is 2.85. The zero-order chi connectivity index (χ0) is 13.1. The Morgan fingerprint density at radius 1 is 1.00 bits per heavy atom. The molecule has 0 amide bonds. The van der Waals surface area contributed by atoms with Gasteiger partial charge in [-0.05, 0) is 38.0 Å². The van der Waals surface area contributed by atoms with Gasteiger partial charge >= 0.3 is 0 Å². The number of benzene rings is 2. The summed E-state index contributed by atoms with van der Waals surface area (Å²) in [6, 6.07) is 12.0. The zero-order valence-corrected chi connectivity index (χ0v) is 11.7. The van der Waals surface area contributed by atoms with Crippen molar-refractivity contribution in [1.29, 1.82) is 0 Å². The minimum Gasteiger partial charge on any atom is -0.488 e. The lowest BCUT2D eigenvalue weighted by Gasteiger charge is -2.13. The highest BCUT2D eigenvalue weighted by Gasteiger charge is 2.06. The molecule has 0 fully saturated rings. The second-order valence-electron chi connectivity index (χ2n) is 4.61. The lowest BCUT2D eigenvalue weighted by Crippen LogP contribution is -2.00. The van der Waals surface area contributed by atoms with Crippen LogP contribution in [-0.4, -0.2) is 0 Å². The molecule has 0 atom stereocenters. The van der Waals surface area contributed by atoms with E-state index < -0.39 is 0 Å². The normalized spacial score (nSPS) is 10.4. The van der Waals surface area contributed by atoms with E-state index in [9.17, 15) is 0 Å². The van der Waals surface area contributed by atoms with Crippen LogP contribution in [0.15, 0.2) is 36.4 Å². The predicted octanol–water partition coefficient (Wildman–Crippen LogP) is 4.84. The molecule has 0 heterocycles. The number of hydrogen-bond donors (Lipinski definition) is 0. The van der Waals surface area contributed by atoms with Crippen molar-refractivity contribution in [2.45, 2.75) is 27.4 Å². The maximum absolute atomic E-state index is 6.12. The van der Waals surface area contributed by atoms with E-state index in [2.05, 4.69) is 32.9 Å². The van der Waals surface area contributed by atoms with E-state index in [1.807, 2.05) is 24.3 Å². The first-order valence-electron chi connectivity index (χ1n) is 6.02. The van der Waals surface area contributed by atoms with Crippen LogP contribution in [0, 0.1) is 20.8 Å². The van der Waals surface area contributed by atoms with Crippen molar-refractivity contribution in [2.24, 2.45) is 0 Å². The molecule has 0 aliphatic carbocycles. The first-order valence-corrected chi connectivity index (χ1v) is 6.40. The topological polar surface area (TPSA) is 9.23 Å². The van der Waals surface area contributed by atoms with Crippen molar-refractivity contribution in [3.8, 4) is 5.75 Å². The molecule has 0 radical (unpaired) electrons. The highest BCUT2D eigenvalue weighted by atomic mass is 35.5. The Morgan fingerprint density at radius 3 is 2.22 bits per heavy atom. The molecule has 0 N–H and O–H groups in total. The molecule has 0 bridgehead atoms. The summed E-state index contributed by atoms with van der Waals surface area (Å²) in [6.07, 6.45) is 0. The van der Waals surface area contributed by atoms with E-state index >= 15 is 0 Å².